The molecule has 1 aliphatic carbocycles. The van der Waals surface area contributed by atoms with Crippen molar-refractivity contribution in [1.29, 1.82) is 0 Å². The van der Waals surface area contributed by atoms with E-state index in [4.69, 9.17) is 4.98 Å². The molecule has 2 atom stereocenters. The molecule has 2 aromatic carbocycles. The number of benzene rings is 2. The molecular formula is C23H19N5OS. The van der Waals surface area contributed by atoms with Gasteiger partial charge in [0.2, 0.25) is 0 Å². The van der Waals surface area contributed by atoms with Crippen molar-refractivity contribution in [3.05, 3.63) is 83.8 Å². The first-order valence-electron chi connectivity index (χ1n) is 9.92. The van der Waals surface area contributed by atoms with Gasteiger partial charge in [-0.3, -0.25) is 0 Å². The molecule has 6 rings (SSSR count). The van der Waals surface area contributed by atoms with Gasteiger partial charge in [0.25, 0.3) is 0 Å². The molecule has 148 valence electrons. The lowest BCUT2D eigenvalue weighted by Gasteiger charge is -2.16. The van der Waals surface area contributed by atoms with E-state index < -0.39 is 6.10 Å². The van der Waals surface area contributed by atoms with Crippen LogP contribution in [0.2, 0.25) is 0 Å². The van der Waals surface area contributed by atoms with E-state index in [1.165, 1.54) is 11.1 Å². The van der Waals surface area contributed by atoms with Crippen molar-refractivity contribution < 1.29 is 5.11 Å². The predicted molar refractivity (Wildman–Crippen MR) is 119 cm³/mol. The molecule has 3 aromatic heterocycles. The fourth-order valence-electron chi connectivity index (χ4n) is 4.22. The summed E-state index contributed by atoms with van der Waals surface area (Å²) in [5, 5.41) is 14.8. The molecule has 6 nitrogen and oxygen atoms in total. The van der Waals surface area contributed by atoms with E-state index in [1.807, 2.05) is 30.6 Å². The van der Waals surface area contributed by atoms with Crippen molar-refractivity contribution in [2.24, 2.45) is 0 Å². The van der Waals surface area contributed by atoms with Gasteiger partial charge < -0.3 is 15.0 Å². The molecule has 30 heavy (non-hydrogen) atoms. The third-order valence-corrected chi connectivity index (χ3v) is 6.61. The van der Waals surface area contributed by atoms with Gasteiger partial charge in [-0.2, -0.15) is 0 Å². The molecule has 0 saturated heterocycles. The largest absolute Gasteiger partial charge is 0.390 e. The molecule has 0 amide bonds. The van der Waals surface area contributed by atoms with E-state index >= 15 is 0 Å². The van der Waals surface area contributed by atoms with E-state index in [1.54, 1.807) is 17.5 Å². The zero-order valence-electron chi connectivity index (χ0n) is 16.1. The number of aromatic nitrogens is 4. The number of fused-ring (bicyclic) bond motifs is 3. The van der Waals surface area contributed by atoms with E-state index in [-0.39, 0.29) is 6.04 Å². The summed E-state index contributed by atoms with van der Waals surface area (Å²) in [7, 11) is 0. The van der Waals surface area contributed by atoms with Crippen LogP contribution in [0.5, 0.6) is 0 Å². The molecule has 2 N–H and O–H groups in total. The second-order valence-corrected chi connectivity index (χ2v) is 8.66. The van der Waals surface area contributed by atoms with Gasteiger partial charge >= 0.3 is 0 Å². The summed E-state index contributed by atoms with van der Waals surface area (Å²) in [4.78, 5) is 13.6. The maximum Gasteiger partial charge on any atom is 0.184 e. The summed E-state index contributed by atoms with van der Waals surface area (Å²) in [5.74, 6) is 0. The Kier molecular flexibility index (Phi) is 4.04. The second kappa shape index (κ2) is 6.90. The molecule has 1 aliphatic rings. The number of imidazole rings is 1. The summed E-state index contributed by atoms with van der Waals surface area (Å²) in [5.41, 5.74) is 6.28. The Labute approximate surface area is 176 Å². The molecule has 7 heteroatoms. The molecule has 0 radical (unpaired) electrons. The zero-order chi connectivity index (χ0) is 20.1. The molecule has 0 aliphatic heterocycles. The zero-order valence-corrected chi connectivity index (χ0v) is 16.9. The van der Waals surface area contributed by atoms with Gasteiger partial charge in [0.1, 0.15) is 5.52 Å². The van der Waals surface area contributed by atoms with Crippen molar-refractivity contribution in [2.45, 2.75) is 25.1 Å². The number of aliphatic hydroxyl groups is 1. The van der Waals surface area contributed by atoms with Crippen LogP contribution in [0.15, 0.2) is 67.1 Å². The van der Waals surface area contributed by atoms with Crippen molar-refractivity contribution in [3.63, 3.8) is 0 Å². The standard InChI is InChI=1S/C23H19N5OS/c29-19-11-15-4-1-2-5-16(15)21(19)27-23-26-17-8-7-14(10-20(17)30-23)12-28-13-25-18-6-3-9-24-22(18)28/h1-10,13,19,21,29H,11-12H2,(H,26,27). The number of pyridine rings is 1. The minimum atomic E-state index is -0.438. The molecule has 0 spiro atoms. The topological polar surface area (TPSA) is 75.9 Å². The van der Waals surface area contributed by atoms with Crippen LogP contribution in [0.3, 0.4) is 0 Å². The van der Waals surface area contributed by atoms with Crippen molar-refractivity contribution in [3.8, 4) is 0 Å². The minimum Gasteiger partial charge on any atom is -0.390 e. The molecule has 2 unspecified atom stereocenters. The number of nitrogens with one attached hydrogen (secondary N) is 1. The van der Waals surface area contributed by atoms with E-state index in [9.17, 15) is 5.11 Å². The third kappa shape index (κ3) is 2.94. The Morgan fingerprint density at radius 2 is 2.00 bits per heavy atom. The average molecular weight is 414 g/mol. The van der Waals surface area contributed by atoms with Crippen LogP contribution in [0, 0.1) is 0 Å². The van der Waals surface area contributed by atoms with Crippen LogP contribution in [0.25, 0.3) is 21.4 Å². The first kappa shape index (κ1) is 17.6. The quantitative estimate of drug-likeness (QED) is 0.463. The number of rotatable bonds is 4. The summed E-state index contributed by atoms with van der Waals surface area (Å²) >= 11 is 1.62. The first-order valence-corrected chi connectivity index (χ1v) is 10.7. The first-order chi connectivity index (χ1) is 14.7. The second-order valence-electron chi connectivity index (χ2n) is 7.63. The normalized spacial score (nSPS) is 18.2. The van der Waals surface area contributed by atoms with Gasteiger partial charge in [0.15, 0.2) is 10.8 Å². The molecule has 0 bridgehead atoms. The Morgan fingerprint density at radius 1 is 1.07 bits per heavy atom. The summed E-state index contributed by atoms with van der Waals surface area (Å²) < 4.78 is 3.18. The van der Waals surface area contributed by atoms with Crippen molar-refractivity contribution in [2.75, 3.05) is 5.32 Å². The average Bonchev–Trinajstić information content (AvgIpc) is 3.44. The maximum atomic E-state index is 10.5. The van der Waals surface area contributed by atoms with Gasteiger partial charge in [0.05, 0.1) is 35.2 Å². The summed E-state index contributed by atoms with van der Waals surface area (Å²) in [6, 6.07) is 18.3. The monoisotopic (exact) mass is 413 g/mol. The highest BCUT2D eigenvalue weighted by atomic mass is 32.1. The lowest BCUT2D eigenvalue weighted by atomic mass is 10.1. The fraction of sp³-hybridized carbons (Fsp3) is 0.174. The van der Waals surface area contributed by atoms with Crippen LogP contribution in [0.1, 0.15) is 22.7 Å². The Morgan fingerprint density at radius 3 is 2.97 bits per heavy atom. The smallest absolute Gasteiger partial charge is 0.184 e. The SMILES string of the molecule is OC1Cc2ccccc2C1Nc1nc2ccc(Cn3cnc4cccnc43)cc2s1. The number of hydrogen-bond acceptors (Lipinski definition) is 6. The lowest BCUT2D eigenvalue weighted by molar-refractivity contribution is 0.166. The Bertz CT molecular complexity index is 1370. The van der Waals surface area contributed by atoms with Crippen LogP contribution in [-0.2, 0) is 13.0 Å². The van der Waals surface area contributed by atoms with Gasteiger partial charge in [-0.15, -0.1) is 0 Å². The highest BCUT2D eigenvalue weighted by Gasteiger charge is 2.31. The fourth-order valence-corrected chi connectivity index (χ4v) is 5.19. The number of hydrogen-bond donors (Lipinski definition) is 2. The third-order valence-electron chi connectivity index (χ3n) is 5.66. The van der Waals surface area contributed by atoms with Crippen molar-refractivity contribution in [1.82, 2.24) is 19.5 Å². The van der Waals surface area contributed by atoms with Gasteiger partial charge in [-0.05, 0) is 41.0 Å². The molecule has 3 heterocycles. The van der Waals surface area contributed by atoms with Gasteiger partial charge in [-0.1, -0.05) is 41.7 Å². The van der Waals surface area contributed by atoms with Crippen LogP contribution >= 0.6 is 11.3 Å². The maximum absolute atomic E-state index is 10.5. The van der Waals surface area contributed by atoms with Gasteiger partial charge in [0, 0.05) is 12.6 Å². The summed E-state index contributed by atoms with van der Waals surface area (Å²) in [6.07, 6.45) is 3.86. The lowest BCUT2D eigenvalue weighted by Crippen LogP contribution is -2.20. The van der Waals surface area contributed by atoms with Crippen LogP contribution in [0.4, 0.5) is 5.13 Å². The number of thiazole rings is 1. The highest BCUT2D eigenvalue weighted by Crippen LogP contribution is 2.36. The summed E-state index contributed by atoms with van der Waals surface area (Å²) in [6.45, 7) is 0.707. The van der Waals surface area contributed by atoms with Crippen molar-refractivity contribution >= 4 is 37.8 Å². The number of nitrogens with zero attached hydrogens (tertiary/aromatic N) is 4. The Balaban J connectivity index is 1.28. The Hall–Kier alpha value is -3.29. The minimum absolute atomic E-state index is 0.121. The predicted octanol–water partition coefficient (Wildman–Crippen LogP) is 4.16. The molecule has 0 fully saturated rings. The van der Waals surface area contributed by atoms with E-state index in [2.05, 4.69) is 50.2 Å². The van der Waals surface area contributed by atoms with E-state index in [0.717, 1.165) is 32.1 Å². The molecule has 0 saturated carbocycles. The number of aliphatic hydroxyl groups excluding tert-OH is 1. The van der Waals surface area contributed by atoms with E-state index in [0.29, 0.717) is 13.0 Å². The molecular weight excluding hydrogens is 394 g/mol. The highest BCUT2D eigenvalue weighted by molar-refractivity contribution is 7.22. The number of anilines is 1. The van der Waals surface area contributed by atoms with Gasteiger partial charge in [-0.25, -0.2) is 15.0 Å². The van der Waals surface area contributed by atoms with Crippen LogP contribution < -0.4 is 5.32 Å². The van der Waals surface area contributed by atoms with Crippen LogP contribution in [-0.4, -0.2) is 30.7 Å². The molecule has 5 aromatic rings.